The monoisotopic (exact) mass is 450 g/mol. The van der Waals surface area contributed by atoms with E-state index in [0.717, 1.165) is 16.7 Å². The fourth-order valence-corrected chi connectivity index (χ4v) is 4.74. The van der Waals surface area contributed by atoms with Gasteiger partial charge in [0.2, 0.25) is 15.9 Å². The highest BCUT2D eigenvalue weighted by atomic mass is 32.2. The maximum absolute atomic E-state index is 13.0. The van der Waals surface area contributed by atoms with E-state index in [4.69, 9.17) is 4.74 Å². The topological polar surface area (TPSA) is 84.5 Å². The Balaban J connectivity index is 2.20. The van der Waals surface area contributed by atoms with E-state index >= 15 is 0 Å². The Morgan fingerprint density at radius 2 is 1.73 bits per heavy atom. The summed E-state index contributed by atoms with van der Waals surface area (Å²) in [6.45, 7) is 5.71. The highest BCUT2D eigenvalue weighted by molar-refractivity contribution is 7.98. The molecule has 30 heavy (non-hydrogen) atoms. The molecule has 0 fully saturated rings. The Labute approximate surface area is 183 Å². The third kappa shape index (κ3) is 6.48. The van der Waals surface area contributed by atoms with Gasteiger partial charge in [-0.1, -0.05) is 35.4 Å². The fraction of sp³-hybridized carbons (Fsp3) is 0.409. The number of methoxy groups -OCH3 is 1. The van der Waals surface area contributed by atoms with Crippen molar-refractivity contribution in [1.29, 1.82) is 0 Å². The molecular weight excluding hydrogens is 420 g/mol. The molecule has 2 unspecified atom stereocenters. The average Bonchev–Trinajstić information content (AvgIpc) is 2.71. The molecule has 0 aliphatic carbocycles. The predicted molar refractivity (Wildman–Crippen MR) is 123 cm³/mol. The number of nitrogens with one attached hydrogen (secondary N) is 2. The van der Waals surface area contributed by atoms with Crippen LogP contribution in [0.5, 0.6) is 5.75 Å². The van der Waals surface area contributed by atoms with Gasteiger partial charge in [-0.15, -0.1) is 0 Å². The van der Waals surface area contributed by atoms with E-state index in [0.29, 0.717) is 17.9 Å². The SMILES string of the molecule is COc1ccc(C)cc1C(C)NC(=O)C(CCSC)NS(=O)(=O)c1ccc(C)cc1. The zero-order valence-electron chi connectivity index (χ0n) is 18.1. The van der Waals surface area contributed by atoms with E-state index in [1.807, 2.05) is 45.2 Å². The molecule has 0 aliphatic heterocycles. The Hall–Kier alpha value is -2.03. The lowest BCUT2D eigenvalue weighted by molar-refractivity contribution is -0.123. The molecule has 2 aromatic rings. The van der Waals surface area contributed by atoms with Gasteiger partial charge in [0, 0.05) is 5.56 Å². The smallest absolute Gasteiger partial charge is 0.241 e. The first-order valence-electron chi connectivity index (χ1n) is 9.70. The van der Waals surface area contributed by atoms with Crippen molar-refractivity contribution in [1.82, 2.24) is 10.0 Å². The van der Waals surface area contributed by atoms with Gasteiger partial charge in [-0.05, 0) is 57.4 Å². The number of amides is 1. The van der Waals surface area contributed by atoms with Crippen molar-refractivity contribution < 1.29 is 17.9 Å². The van der Waals surface area contributed by atoms with Crippen LogP contribution in [0.2, 0.25) is 0 Å². The molecule has 0 aromatic heterocycles. The summed E-state index contributed by atoms with van der Waals surface area (Å²) in [5.74, 6) is 0.960. The van der Waals surface area contributed by atoms with Crippen molar-refractivity contribution in [2.24, 2.45) is 0 Å². The number of benzene rings is 2. The molecule has 8 heteroatoms. The van der Waals surface area contributed by atoms with Crippen molar-refractivity contribution in [3.63, 3.8) is 0 Å². The molecule has 0 saturated heterocycles. The van der Waals surface area contributed by atoms with Crippen molar-refractivity contribution >= 4 is 27.7 Å². The van der Waals surface area contributed by atoms with Crippen molar-refractivity contribution in [2.45, 2.75) is 44.2 Å². The fourth-order valence-electron chi connectivity index (χ4n) is 3.04. The first kappa shape index (κ1) is 24.2. The number of sulfonamides is 1. The van der Waals surface area contributed by atoms with Gasteiger partial charge in [0.1, 0.15) is 11.8 Å². The summed E-state index contributed by atoms with van der Waals surface area (Å²) in [7, 11) is -2.23. The third-order valence-corrected chi connectivity index (χ3v) is 6.90. The Morgan fingerprint density at radius 1 is 1.10 bits per heavy atom. The van der Waals surface area contributed by atoms with Crippen molar-refractivity contribution in [3.8, 4) is 5.75 Å². The predicted octanol–water partition coefficient (Wildman–Crippen LogP) is 3.59. The molecule has 2 rings (SSSR count). The zero-order chi connectivity index (χ0) is 22.3. The molecule has 0 spiro atoms. The van der Waals surface area contributed by atoms with E-state index in [1.54, 1.807) is 43.1 Å². The number of carbonyl (C=O) groups is 1. The van der Waals surface area contributed by atoms with Gasteiger partial charge < -0.3 is 10.1 Å². The number of thioether (sulfide) groups is 1. The molecular formula is C22H30N2O4S2. The van der Waals surface area contributed by atoms with E-state index in [9.17, 15) is 13.2 Å². The van der Waals surface area contributed by atoms with Crippen LogP contribution in [0.25, 0.3) is 0 Å². The van der Waals surface area contributed by atoms with E-state index in [1.165, 1.54) is 0 Å². The minimum Gasteiger partial charge on any atom is -0.496 e. The highest BCUT2D eigenvalue weighted by Crippen LogP contribution is 2.26. The maximum Gasteiger partial charge on any atom is 0.241 e. The molecule has 0 heterocycles. The van der Waals surface area contributed by atoms with Gasteiger partial charge in [0.15, 0.2) is 0 Å². The molecule has 0 aliphatic rings. The summed E-state index contributed by atoms with van der Waals surface area (Å²) in [5, 5.41) is 2.94. The Bertz CT molecular complexity index is 960. The van der Waals surface area contributed by atoms with Crippen molar-refractivity contribution in [2.75, 3.05) is 19.1 Å². The number of rotatable bonds is 10. The summed E-state index contributed by atoms with van der Waals surface area (Å²) in [6.07, 6.45) is 2.30. The Morgan fingerprint density at radius 3 is 2.33 bits per heavy atom. The van der Waals surface area contributed by atoms with Gasteiger partial charge in [-0.3, -0.25) is 4.79 Å². The van der Waals surface area contributed by atoms with Gasteiger partial charge >= 0.3 is 0 Å². The summed E-state index contributed by atoms with van der Waals surface area (Å²) in [6, 6.07) is 11.1. The molecule has 2 N–H and O–H groups in total. The molecule has 2 aromatic carbocycles. The van der Waals surface area contributed by atoms with Crippen molar-refractivity contribution in [3.05, 3.63) is 59.2 Å². The summed E-state index contributed by atoms with van der Waals surface area (Å²) >= 11 is 1.56. The van der Waals surface area contributed by atoms with Crippen LogP contribution in [0.15, 0.2) is 47.4 Å². The minimum absolute atomic E-state index is 0.142. The van der Waals surface area contributed by atoms with Crippen LogP contribution in [0.1, 0.15) is 36.1 Å². The van der Waals surface area contributed by atoms with Gasteiger partial charge in [-0.25, -0.2) is 8.42 Å². The average molecular weight is 451 g/mol. The second-order valence-electron chi connectivity index (χ2n) is 7.24. The van der Waals surface area contributed by atoms with E-state index in [-0.39, 0.29) is 16.8 Å². The first-order chi connectivity index (χ1) is 14.2. The lowest BCUT2D eigenvalue weighted by atomic mass is 10.0. The number of hydrogen-bond acceptors (Lipinski definition) is 5. The summed E-state index contributed by atoms with van der Waals surface area (Å²) < 4.78 is 33.6. The van der Waals surface area contributed by atoms with Gasteiger partial charge in [0.05, 0.1) is 18.0 Å². The van der Waals surface area contributed by atoms with Crippen LogP contribution in [0, 0.1) is 13.8 Å². The quantitative estimate of drug-likeness (QED) is 0.578. The third-order valence-electron chi connectivity index (χ3n) is 4.77. The summed E-state index contributed by atoms with van der Waals surface area (Å²) in [5.41, 5.74) is 2.85. The Kier molecular flexibility index (Phi) is 8.76. The highest BCUT2D eigenvalue weighted by Gasteiger charge is 2.27. The largest absolute Gasteiger partial charge is 0.496 e. The second-order valence-corrected chi connectivity index (χ2v) is 9.94. The molecule has 2 atom stereocenters. The number of ether oxygens (including phenoxy) is 1. The molecule has 0 radical (unpaired) electrons. The molecule has 164 valence electrons. The minimum atomic E-state index is -3.82. The standard InChI is InChI=1S/C22H30N2O4S2/c1-15-6-9-18(10-7-15)30(26,27)24-20(12-13-29-5)22(25)23-17(3)19-14-16(2)8-11-21(19)28-4/h6-11,14,17,20,24H,12-13H2,1-5H3,(H,23,25). The lowest BCUT2D eigenvalue weighted by Crippen LogP contribution is -2.47. The van der Waals surface area contributed by atoms with Crippen LogP contribution in [-0.4, -0.2) is 39.5 Å². The van der Waals surface area contributed by atoms with Crippen LogP contribution in [0.3, 0.4) is 0 Å². The molecule has 0 bridgehead atoms. The number of hydrogen-bond donors (Lipinski definition) is 2. The first-order valence-corrected chi connectivity index (χ1v) is 12.6. The van der Waals surface area contributed by atoms with Gasteiger partial charge in [-0.2, -0.15) is 16.5 Å². The van der Waals surface area contributed by atoms with Crippen LogP contribution in [0.4, 0.5) is 0 Å². The molecule has 1 amide bonds. The normalized spacial score (nSPS) is 13.5. The second kappa shape index (κ2) is 10.8. The molecule has 6 nitrogen and oxygen atoms in total. The molecule has 0 saturated carbocycles. The maximum atomic E-state index is 13.0. The lowest BCUT2D eigenvalue weighted by Gasteiger charge is -2.23. The number of carbonyl (C=O) groups excluding carboxylic acids is 1. The number of aryl methyl sites for hydroxylation is 2. The summed E-state index contributed by atoms with van der Waals surface area (Å²) in [4.78, 5) is 13.1. The van der Waals surface area contributed by atoms with Crippen LogP contribution >= 0.6 is 11.8 Å². The van der Waals surface area contributed by atoms with Crippen LogP contribution < -0.4 is 14.8 Å². The van der Waals surface area contributed by atoms with Crippen LogP contribution in [-0.2, 0) is 14.8 Å². The van der Waals surface area contributed by atoms with Gasteiger partial charge in [0.25, 0.3) is 0 Å². The zero-order valence-corrected chi connectivity index (χ0v) is 19.7. The van der Waals surface area contributed by atoms with E-state index < -0.39 is 16.1 Å². The van der Waals surface area contributed by atoms with E-state index in [2.05, 4.69) is 10.0 Å².